The first kappa shape index (κ1) is 20.9. The van der Waals surface area contributed by atoms with Crippen LogP contribution in [0.3, 0.4) is 0 Å². The molecule has 0 bridgehead atoms. The van der Waals surface area contributed by atoms with Crippen molar-refractivity contribution in [3.63, 3.8) is 0 Å². The highest BCUT2D eigenvalue weighted by atomic mass is 32.2. The van der Waals surface area contributed by atoms with Crippen LogP contribution in [0.1, 0.15) is 29.8 Å². The maximum atomic E-state index is 12.5. The molecule has 0 aliphatic carbocycles. The first-order valence-corrected chi connectivity index (χ1v) is 10.3. The van der Waals surface area contributed by atoms with Crippen molar-refractivity contribution in [1.82, 2.24) is 4.31 Å². The molecular formula is C20H25NO5S. The molecule has 0 saturated carbocycles. The van der Waals surface area contributed by atoms with E-state index in [2.05, 4.69) is 0 Å². The van der Waals surface area contributed by atoms with Crippen LogP contribution in [0.5, 0.6) is 5.75 Å². The maximum absolute atomic E-state index is 12.5. The Hall–Kier alpha value is -2.38. The van der Waals surface area contributed by atoms with Gasteiger partial charge in [0.25, 0.3) is 0 Å². The van der Waals surface area contributed by atoms with E-state index in [-0.39, 0.29) is 11.5 Å². The molecule has 7 heteroatoms. The number of benzene rings is 2. The Morgan fingerprint density at radius 3 is 2.07 bits per heavy atom. The van der Waals surface area contributed by atoms with E-state index in [1.54, 1.807) is 21.0 Å². The minimum absolute atomic E-state index is 0.168. The molecule has 6 nitrogen and oxygen atoms in total. The molecule has 0 radical (unpaired) electrons. The number of carbonyl (C=O) groups excluding carboxylic acids is 1. The van der Waals surface area contributed by atoms with Crippen LogP contribution in [-0.4, -0.2) is 45.5 Å². The molecular weight excluding hydrogens is 366 g/mol. The van der Waals surface area contributed by atoms with Gasteiger partial charge in [0.2, 0.25) is 10.0 Å². The summed E-state index contributed by atoms with van der Waals surface area (Å²) in [7, 11) is -1.92. The van der Waals surface area contributed by atoms with Gasteiger partial charge in [-0.05, 0) is 42.0 Å². The number of ether oxygens (including phenoxy) is 2. The molecule has 2 rings (SSSR count). The second-order valence-electron chi connectivity index (χ2n) is 5.85. The summed E-state index contributed by atoms with van der Waals surface area (Å²) < 4.78 is 36.6. The molecule has 27 heavy (non-hydrogen) atoms. The minimum Gasteiger partial charge on any atom is -0.497 e. The molecule has 0 spiro atoms. The standard InChI is InChI=1S/C20H25NO5S/c1-4-21(5-2)27(23,24)19-12-8-17(9-13-19)20(22)26-15-14-16-6-10-18(25-3)11-7-16/h6-13H,4-5,14-15H2,1-3H3. The van der Waals surface area contributed by atoms with Gasteiger partial charge in [-0.1, -0.05) is 26.0 Å². The lowest BCUT2D eigenvalue weighted by atomic mass is 10.1. The van der Waals surface area contributed by atoms with Crippen molar-refractivity contribution in [2.24, 2.45) is 0 Å². The van der Waals surface area contributed by atoms with Gasteiger partial charge in [-0.15, -0.1) is 0 Å². The summed E-state index contributed by atoms with van der Waals surface area (Å²) in [6.45, 7) is 4.61. The van der Waals surface area contributed by atoms with Crippen LogP contribution in [0.4, 0.5) is 0 Å². The molecule has 0 heterocycles. The third-order valence-electron chi connectivity index (χ3n) is 4.22. The zero-order valence-electron chi connectivity index (χ0n) is 15.8. The molecule has 0 unspecified atom stereocenters. The predicted molar refractivity (Wildman–Crippen MR) is 104 cm³/mol. The van der Waals surface area contributed by atoms with Gasteiger partial charge in [0.15, 0.2) is 0 Å². The summed E-state index contributed by atoms with van der Waals surface area (Å²) in [5.41, 5.74) is 1.35. The molecule has 146 valence electrons. The predicted octanol–water partition coefficient (Wildman–Crippen LogP) is 3.13. The molecule has 0 aromatic heterocycles. The lowest BCUT2D eigenvalue weighted by Crippen LogP contribution is -2.30. The molecule has 0 aliphatic heterocycles. The Labute approximate surface area is 160 Å². The lowest BCUT2D eigenvalue weighted by Gasteiger charge is -2.18. The van der Waals surface area contributed by atoms with Crippen molar-refractivity contribution in [3.8, 4) is 5.75 Å². The minimum atomic E-state index is -3.53. The Bertz CT molecular complexity index is 841. The van der Waals surface area contributed by atoms with E-state index in [0.717, 1.165) is 11.3 Å². The number of hydrogen-bond acceptors (Lipinski definition) is 5. The normalized spacial score (nSPS) is 11.4. The zero-order chi connectivity index (χ0) is 19.9. The van der Waals surface area contributed by atoms with E-state index < -0.39 is 16.0 Å². The summed E-state index contributed by atoms with van der Waals surface area (Å²) in [6.07, 6.45) is 0.587. The number of sulfonamides is 1. The largest absolute Gasteiger partial charge is 0.497 e. The second kappa shape index (κ2) is 9.53. The van der Waals surface area contributed by atoms with Gasteiger partial charge in [-0.3, -0.25) is 0 Å². The SMILES string of the molecule is CCN(CC)S(=O)(=O)c1ccc(C(=O)OCCc2ccc(OC)cc2)cc1. The highest BCUT2D eigenvalue weighted by Crippen LogP contribution is 2.17. The molecule has 0 N–H and O–H groups in total. The zero-order valence-corrected chi connectivity index (χ0v) is 16.7. The van der Waals surface area contributed by atoms with Crippen molar-refractivity contribution in [2.45, 2.75) is 25.2 Å². The van der Waals surface area contributed by atoms with E-state index in [1.807, 2.05) is 24.3 Å². The van der Waals surface area contributed by atoms with Crippen LogP contribution >= 0.6 is 0 Å². The number of hydrogen-bond donors (Lipinski definition) is 0. The van der Waals surface area contributed by atoms with Gasteiger partial charge in [-0.2, -0.15) is 4.31 Å². The summed E-state index contributed by atoms with van der Waals surface area (Å²) >= 11 is 0. The molecule has 2 aromatic carbocycles. The van der Waals surface area contributed by atoms with Gasteiger partial charge in [0.1, 0.15) is 5.75 Å². The Kier molecular flexibility index (Phi) is 7.38. The number of esters is 1. The first-order valence-electron chi connectivity index (χ1n) is 8.82. The van der Waals surface area contributed by atoms with Crippen LogP contribution in [0.15, 0.2) is 53.4 Å². The summed E-state index contributed by atoms with van der Waals surface area (Å²) in [5.74, 6) is 0.297. The van der Waals surface area contributed by atoms with E-state index in [9.17, 15) is 13.2 Å². The molecule has 0 amide bonds. The Morgan fingerprint density at radius 2 is 1.56 bits per heavy atom. The third-order valence-corrected chi connectivity index (χ3v) is 6.28. The van der Waals surface area contributed by atoms with Crippen LogP contribution in [-0.2, 0) is 21.2 Å². The van der Waals surface area contributed by atoms with Crippen molar-refractivity contribution >= 4 is 16.0 Å². The monoisotopic (exact) mass is 391 g/mol. The van der Waals surface area contributed by atoms with E-state index >= 15 is 0 Å². The topological polar surface area (TPSA) is 72.9 Å². The molecule has 0 fully saturated rings. The van der Waals surface area contributed by atoms with Gasteiger partial charge < -0.3 is 9.47 Å². The third kappa shape index (κ3) is 5.30. The lowest BCUT2D eigenvalue weighted by molar-refractivity contribution is 0.0509. The fraction of sp³-hybridized carbons (Fsp3) is 0.350. The molecule has 0 atom stereocenters. The highest BCUT2D eigenvalue weighted by molar-refractivity contribution is 7.89. The fourth-order valence-corrected chi connectivity index (χ4v) is 4.07. The van der Waals surface area contributed by atoms with Crippen molar-refractivity contribution in [2.75, 3.05) is 26.8 Å². The number of methoxy groups -OCH3 is 1. The smallest absolute Gasteiger partial charge is 0.338 e. The number of carbonyl (C=O) groups is 1. The average Bonchev–Trinajstić information content (AvgIpc) is 2.69. The van der Waals surface area contributed by atoms with Crippen molar-refractivity contribution < 1.29 is 22.7 Å². The number of nitrogens with zero attached hydrogens (tertiary/aromatic N) is 1. The Morgan fingerprint density at radius 1 is 0.963 bits per heavy atom. The Balaban J connectivity index is 1.95. The van der Waals surface area contributed by atoms with E-state index in [1.165, 1.54) is 28.6 Å². The summed E-state index contributed by atoms with van der Waals surface area (Å²) in [4.78, 5) is 12.3. The highest BCUT2D eigenvalue weighted by Gasteiger charge is 2.21. The first-order chi connectivity index (χ1) is 12.9. The maximum Gasteiger partial charge on any atom is 0.338 e. The van der Waals surface area contributed by atoms with Crippen LogP contribution in [0.25, 0.3) is 0 Å². The van der Waals surface area contributed by atoms with Crippen molar-refractivity contribution in [1.29, 1.82) is 0 Å². The average molecular weight is 391 g/mol. The van der Waals surface area contributed by atoms with E-state index in [0.29, 0.717) is 25.1 Å². The van der Waals surface area contributed by atoms with Crippen LogP contribution in [0, 0.1) is 0 Å². The molecule has 0 aliphatic rings. The quantitative estimate of drug-likeness (QED) is 0.614. The number of rotatable bonds is 9. The summed E-state index contributed by atoms with van der Waals surface area (Å²) in [6, 6.07) is 13.4. The molecule has 2 aromatic rings. The fourth-order valence-electron chi connectivity index (χ4n) is 2.61. The van der Waals surface area contributed by atoms with Crippen LogP contribution in [0.2, 0.25) is 0 Å². The van der Waals surface area contributed by atoms with E-state index in [4.69, 9.17) is 9.47 Å². The second-order valence-corrected chi connectivity index (χ2v) is 7.79. The van der Waals surface area contributed by atoms with Gasteiger partial charge in [-0.25, -0.2) is 13.2 Å². The van der Waals surface area contributed by atoms with Crippen molar-refractivity contribution in [3.05, 3.63) is 59.7 Å². The van der Waals surface area contributed by atoms with Gasteiger partial charge in [0.05, 0.1) is 24.2 Å². The summed E-state index contributed by atoms with van der Waals surface area (Å²) in [5, 5.41) is 0. The molecule has 0 saturated heterocycles. The van der Waals surface area contributed by atoms with Crippen LogP contribution < -0.4 is 4.74 Å². The van der Waals surface area contributed by atoms with Gasteiger partial charge >= 0.3 is 5.97 Å². The van der Waals surface area contributed by atoms with Gasteiger partial charge in [0, 0.05) is 19.5 Å².